The fraction of sp³-hybridized carbons (Fsp3) is 0.800. The first-order chi connectivity index (χ1) is 9.42. The molecule has 0 spiro atoms. The fourth-order valence-corrected chi connectivity index (χ4v) is 3.21. The van der Waals surface area contributed by atoms with E-state index in [0.717, 1.165) is 31.3 Å². The molecule has 4 nitrogen and oxygen atoms in total. The van der Waals surface area contributed by atoms with E-state index in [0.29, 0.717) is 12.6 Å². The van der Waals surface area contributed by atoms with E-state index in [9.17, 15) is 0 Å². The van der Waals surface area contributed by atoms with Gasteiger partial charge in [-0.2, -0.15) is 5.10 Å². The predicted octanol–water partition coefficient (Wildman–Crippen LogP) is 2.51. The summed E-state index contributed by atoms with van der Waals surface area (Å²) in [5.74, 6) is 0.734. The Morgan fingerprint density at radius 3 is 2.79 bits per heavy atom. The van der Waals surface area contributed by atoms with Crippen molar-refractivity contribution in [2.75, 3.05) is 19.7 Å². The summed E-state index contributed by atoms with van der Waals surface area (Å²) in [5.41, 5.74) is 1.08. The van der Waals surface area contributed by atoms with Crippen LogP contribution in [0.3, 0.4) is 0 Å². The van der Waals surface area contributed by atoms with Gasteiger partial charge in [0.15, 0.2) is 0 Å². The zero-order chi connectivity index (χ0) is 12.9. The first-order valence-corrected chi connectivity index (χ1v) is 7.74. The van der Waals surface area contributed by atoms with E-state index >= 15 is 0 Å². The fourth-order valence-electron chi connectivity index (χ4n) is 3.21. The highest BCUT2D eigenvalue weighted by Gasteiger charge is 2.18. The summed E-state index contributed by atoms with van der Waals surface area (Å²) in [7, 11) is 0. The van der Waals surface area contributed by atoms with Crippen LogP contribution in [0.1, 0.15) is 50.3 Å². The van der Waals surface area contributed by atoms with E-state index in [2.05, 4.69) is 27.4 Å². The Hall–Kier alpha value is -0.870. The molecule has 0 atom stereocenters. The largest absolute Gasteiger partial charge is 0.375 e. The van der Waals surface area contributed by atoms with Crippen molar-refractivity contribution < 1.29 is 4.74 Å². The van der Waals surface area contributed by atoms with Gasteiger partial charge < -0.3 is 10.1 Å². The molecule has 106 valence electrons. The molecule has 2 aliphatic rings. The summed E-state index contributed by atoms with van der Waals surface area (Å²) in [6.45, 7) is 3.84. The molecule has 4 heteroatoms. The Morgan fingerprint density at radius 1 is 1.21 bits per heavy atom. The van der Waals surface area contributed by atoms with E-state index in [1.54, 1.807) is 0 Å². The number of piperidine rings is 1. The number of rotatable bonds is 5. The molecule has 0 amide bonds. The second kappa shape index (κ2) is 6.53. The van der Waals surface area contributed by atoms with Gasteiger partial charge in [-0.15, -0.1) is 0 Å². The van der Waals surface area contributed by atoms with Crippen molar-refractivity contribution in [2.45, 2.75) is 51.2 Å². The third-order valence-corrected chi connectivity index (χ3v) is 4.42. The topological polar surface area (TPSA) is 39.1 Å². The molecule has 1 saturated carbocycles. The van der Waals surface area contributed by atoms with Gasteiger partial charge in [-0.3, -0.25) is 4.68 Å². The van der Waals surface area contributed by atoms with Gasteiger partial charge >= 0.3 is 0 Å². The van der Waals surface area contributed by atoms with Crippen LogP contribution in [0.5, 0.6) is 0 Å². The number of nitrogens with zero attached hydrogens (tertiary/aromatic N) is 2. The molecule has 2 fully saturated rings. The Balaban J connectivity index is 1.42. The van der Waals surface area contributed by atoms with Gasteiger partial charge in [0.1, 0.15) is 0 Å². The molecular weight excluding hydrogens is 238 g/mol. The van der Waals surface area contributed by atoms with Crippen molar-refractivity contribution >= 4 is 0 Å². The van der Waals surface area contributed by atoms with Gasteiger partial charge in [0.2, 0.25) is 0 Å². The highest BCUT2D eigenvalue weighted by Crippen LogP contribution is 2.28. The van der Waals surface area contributed by atoms with Crippen molar-refractivity contribution in [1.82, 2.24) is 15.1 Å². The molecule has 1 aliphatic carbocycles. The van der Waals surface area contributed by atoms with Gasteiger partial charge in [-0.05, 0) is 50.8 Å². The van der Waals surface area contributed by atoms with Crippen molar-refractivity contribution in [3.63, 3.8) is 0 Å². The standard InChI is InChI=1S/C15H25N3O/c1-2-4-15(3-1)18-10-7-14(17-18)12-19-11-13-5-8-16-9-6-13/h7,10,13,15-16H,1-6,8-9,11-12H2. The minimum Gasteiger partial charge on any atom is -0.375 e. The normalized spacial score (nSPS) is 22.1. The van der Waals surface area contributed by atoms with E-state index in [1.807, 2.05) is 0 Å². The Bertz CT molecular complexity index is 378. The van der Waals surface area contributed by atoms with Crippen LogP contribution in [-0.2, 0) is 11.3 Å². The molecule has 0 radical (unpaired) electrons. The lowest BCUT2D eigenvalue weighted by Crippen LogP contribution is -2.29. The number of hydrogen-bond donors (Lipinski definition) is 1. The molecule has 1 aliphatic heterocycles. The molecule has 2 heterocycles. The van der Waals surface area contributed by atoms with Gasteiger partial charge in [0.25, 0.3) is 0 Å². The predicted molar refractivity (Wildman–Crippen MR) is 75.0 cm³/mol. The number of ether oxygens (including phenoxy) is 1. The first-order valence-electron chi connectivity index (χ1n) is 7.74. The molecule has 1 aromatic rings. The Labute approximate surface area is 115 Å². The summed E-state index contributed by atoms with van der Waals surface area (Å²) >= 11 is 0. The van der Waals surface area contributed by atoms with Crippen LogP contribution in [0.2, 0.25) is 0 Å². The number of nitrogens with one attached hydrogen (secondary N) is 1. The van der Waals surface area contributed by atoms with E-state index in [1.165, 1.54) is 38.5 Å². The maximum Gasteiger partial charge on any atom is 0.0906 e. The molecule has 3 rings (SSSR count). The Kier molecular flexibility index (Phi) is 4.51. The van der Waals surface area contributed by atoms with Crippen LogP contribution in [0.4, 0.5) is 0 Å². The molecule has 0 aromatic carbocycles. The van der Waals surface area contributed by atoms with Crippen LogP contribution in [-0.4, -0.2) is 29.5 Å². The molecule has 0 unspecified atom stereocenters. The van der Waals surface area contributed by atoms with E-state index in [4.69, 9.17) is 4.74 Å². The lowest BCUT2D eigenvalue weighted by molar-refractivity contribution is 0.0740. The minimum atomic E-state index is 0.637. The monoisotopic (exact) mass is 263 g/mol. The quantitative estimate of drug-likeness (QED) is 0.887. The summed E-state index contributed by atoms with van der Waals surface area (Å²) in [5, 5.41) is 8.04. The third kappa shape index (κ3) is 3.57. The van der Waals surface area contributed by atoms with Crippen molar-refractivity contribution in [2.24, 2.45) is 5.92 Å². The average Bonchev–Trinajstić information content (AvgIpc) is 3.10. The maximum absolute atomic E-state index is 5.83. The van der Waals surface area contributed by atoms with Crippen molar-refractivity contribution in [1.29, 1.82) is 0 Å². The van der Waals surface area contributed by atoms with Crippen molar-refractivity contribution in [3.05, 3.63) is 18.0 Å². The zero-order valence-electron chi connectivity index (χ0n) is 11.7. The second-order valence-corrected chi connectivity index (χ2v) is 5.93. The Morgan fingerprint density at radius 2 is 2.00 bits per heavy atom. The van der Waals surface area contributed by atoms with Gasteiger partial charge in [-0.1, -0.05) is 12.8 Å². The maximum atomic E-state index is 5.83. The summed E-state index contributed by atoms with van der Waals surface area (Å²) in [6.07, 6.45) is 9.90. The van der Waals surface area contributed by atoms with Crippen LogP contribution < -0.4 is 5.32 Å². The lowest BCUT2D eigenvalue weighted by Gasteiger charge is -2.22. The smallest absolute Gasteiger partial charge is 0.0906 e. The summed E-state index contributed by atoms with van der Waals surface area (Å²) in [6, 6.07) is 2.75. The average molecular weight is 263 g/mol. The van der Waals surface area contributed by atoms with Crippen LogP contribution >= 0.6 is 0 Å². The third-order valence-electron chi connectivity index (χ3n) is 4.42. The summed E-state index contributed by atoms with van der Waals surface area (Å²) < 4.78 is 7.98. The highest BCUT2D eigenvalue weighted by molar-refractivity contribution is 4.98. The molecule has 19 heavy (non-hydrogen) atoms. The minimum absolute atomic E-state index is 0.637. The number of hydrogen-bond acceptors (Lipinski definition) is 3. The SMILES string of the molecule is c1cn(C2CCCC2)nc1COCC1CCNCC1. The van der Waals surface area contributed by atoms with Crippen LogP contribution in [0, 0.1) is 5.92 Å². The molecule has 1 N–H and O–H groups in total. The molecule has 1 aromatic heterocycles. The second-order valence-electron chi connectivity index (χ2n) is 5.93. The summed E-state index contributed by atoms with van der Waals surface area (Å²) in [4.78, 5) is 0. The van der Waals surface area contributed by atoms with Gasteiger partial charge in [-0.25, -0.2) is 0 Å². The van der Waals surface area contributed by atoms with Gasteiger partial charge in [0, 0.05) is 6.20 Å². The zero-order valence-corrected chi connectivity index (χ0v) is 11.7. The van der Waals surface area contributed by atoms with Crippen LogP contribution in [0.25, 0.3) is 0 Å². The van der Waals surface area contributed by atoms with Crippen molar-refractivity contribution in [3.8, 4) is 0 Å². The lowest BCUT2D eigenvalue weighted by atomic mass is 9.99. The highest BCUT2D eigenvalue weighted by atomic mass is 16.5. The molecule has 1 saturated heterocycles. The molecular formula is C15H25N3O. The van der Waals surface area contributed by atoms with Crippen LogP contribution in [0.15, 0.2) is 12.3 Å². The first kappa shape index (κ1) is 13.1. The molecule has 0 bridgehead atoms. The van der Waals surface area contributed by atoms with E-state index < -0.39 is 0 Å². The van der Waals surface area contributed by atoms with Gasteiger partial charge in [0.05, 0.1) is 24.9 Å². The van der Waals surface area contributed by atoms with E-state index in [-0.39, 0.29) is 0 Å². The number of aromatic nitrogens is 2.